The Morgan fingerprint density at radius 2 is 1.94 bits per heavy atom. The van der Waals surface area contributed by atoms with E-state index in [2.05, 4.69) is 15.3 Å². The number of aromatic nitrogens is 2. The van der Waals surface area contributed by atoms with Gasteiger partial charge in [0.15, 0.2) is 11.0 Å². The lowest BCUT2D eigenvalue weighted by Crippen LogP contribution is -2.27. The van der Waals surface area contributed by atoms with Gasteiger partial charge in [0.2, 0.25) is 5.91 Å². The summed E-state index contributed by atoms with van der Waals surface area (Å²) in [6, 6.07) is 0. The fraction of sp³-hybridized carbons (Fsp3) is 0.545. The number of aryl methyl sites for hydroxylation is 2. The van der Waals surface area contributed by atoms with Gasteiger partial charge in [-0.2, -0.15) is 0 Å². The second-order valence-corrected chi connectivity index (χ2v) is 4.21. The van der Waals surface area contributed by atoms with Crippen molar-refractivity contribution in [1.82, 2.24) is 15.3 Å². The quantitative estimate of drug-likeness (QED) is 0.883. The molecular weight excluding hydrogens is 240 g/mol. The summed E-state index contributed by atoms with van der Waals surface area (Å²) in [6.07, 6.45) is 0.401. The topological polar surface area (TPSA) is 58.1 Å². The molecule has 0 aromatic carbocycles. The molecule has 0 saturated carbocycles. The van der Waals surface area contributed by atoms with Crippen molar-refractivity contribution in [2.24, 2.45) is 0 Å². The molecule has 94 valence electrons. The Morgan fingerprint density at radius 3 is 2.53 bits per heavy atom. The number of hydrogen-bond donors (Lipinski definition) is 1. The van der Waals surface area contributed by atoms with Crippen LogP contribution < -0.4 is 10.2 Å². The summed E-state index contributed by atoms with van der Waals surface area (Å²) in [5.41, 5.74) is 1.66. The first kappa shape index (κ1) is 13.7. The Hall–Kier alpha value is -1.36. The molecule has 0 fully saturated rings. The number of carbonyl (C=O) groups excluding carboxylic acids is 1. The predicted molar refractivity (Wildman–Crippen MR) is 68.5 cm³/mol. The number of anilines is 1. The standard InChI is InChI=1S/C11H17ClN4O/c1-7-8(2)15-11(10(12)14-7)16(4)6-5-9(17)13-3/h5-6H2,1-4H3,(H,13,17). The van der Waals surface area contributed by atoms with Crippen molar-refractivity contribution in [3.63, 3.8) is 0 Å². The van der Waals surface area contributed by atoms with E-state index in [9.17, 15) is 4.79 Å². The molecule has 1 amide bonds. The van der Waals surface area contributed by atoms with Crippen LogP contribution in [-0.4, -0.2) is 36.5 Å². The molecule has 17 heavy (non-hydrogen) atoms. The average molecular weight is 257 g/mol. The van der Waals surface area contributed by atoms with Crippen molar-refractivity contribution in [2.45, 2.75) is 20.3 Å². The lowest BCUT2D eigenvalue weighted by Gasteiger charge is -2.19. The molecule has 1 aromatic rings. The molecule has 0 bridgehead atoms. The Bertz CT molecular complexity index is 422. The van der Waals surface area contributed by atoms with E-state index in [4.69, 9.17) is 11.6 Å². The molecule has 0 aliphatic rings. The van der Waals surface area contributed by atoms with Gasteiger partial charge in [-0.3, -0.25) is 4.79 Å². The number of halogens is 1. The minimum atomic E-state index is -0.00948. The molecule has 0 unspecified atom stereocenters. The first-order chi connectivity index (χ1) is 7.95. The van der Waals surface area contributed by atoms with Crippen LogP contribution >= 0.6 is 11.6 Å². The van der Waals surface area contributed by atoms with Crippen LogP contribution in [-0.2, 0) is 4.79 Å². The molecule has 1 aromatic heterocycles. The maximum Gasteiger partial charge on any atom is 0.221 e. The highest BCUT2D eigenvalue weighted by Gasteiger charge is 2.12. The van der Waals surface area contributed by atoms with Gasteiger partial charge in [0.05, 0.1) is 11.4 Å². The van der Waals surface area contributed by atoms with Crippen molar-refractivity contribution < 1.29 is 4.79 Å². The zero-order valence-corrected chi connectivity index (χ0v) is 11.3. The first-order valence-corrected chi connectivity index (χ1v) is 5.76. The lowest BCUT2D eigenvalue weighted by molar-refractivity contribution is -0.120. The lowest BCUT2D eigenvalue weighted by atomic mass is 10.3. The molecule has 0 aliphatic heterocycles. The number of nitrogens with one attached hydrogen (secondary N) is 1. The van der Waals surface area contributed by atoms with Crippen LogP contribution in [0.25, 0.3) is 0 Å². The average Bonchev–Trinajstić information content (AvgIpc) is 2.30. The van der Waals surface area contributed by atoms with E-state index >= 15 is 0 Å². The molecule has 1 rings (SSSR count). The smallest absolute Gasteiger partial charge is 0.221 e. The van der Waals surface area contributed by atoms with E-state index in [1.165, 1.54) is 0 Å². The largest absolute Gasteiger partial charge is 0.359 e. The molecule has 0 aliphatic carbocycles. The Labute approximate surface area is 106 Å². The van der Waals surface area contributed by atoms with Gasteiger partial charge in [0.25, 0.3) is 0 Å². The van der Waals surface area contributed by atoms with E-state index in [1.807, 2.05) is 25.8 Å². The number of hydrogen-bond acceptors (Lipinski definition) is 4. The monoisotopic (exact) mass is 256 g/mol. The highest BCUT2D eigenvalue weighted by atomic mass is 35.5. The highest BCUT2D eigenvalue weighted by molar-refractivity contribution is 6.31. The van der Waals surface area contributed by atoms with Crippen LogP contribution in [0.4, 0.5) is 5.82 Å². The second kappa shape index (κ2) is 5.82. The van der Waals surface area contributed by atoms with Gasteiger partial charge in [0.1, 0.15) is 0 Å². The van der Waals surface area contributed by atoms with Gasteiger partial charge in [0, 0.05) is 27.1 Å². The van der Waals surface area contributed by atoms with Gasteiger partial charge in [-0.25, -0.2) is 9.97 Å². The third-order valence-electron chi connectivity index (χ3n) is 2.56. The summed E-state index contributed by atoms with van der Waals surface area (Å²) < 4.78 is 0. The van der Waals surface area contributed by atoms with Gasteiger partial charge in [-0.1, -0.05) is 11.6 Å². The number of amides is 1. The summed E-state index contributed by atoms with van der Waals surface area (Å²) in [5, 5.41) is 2.94. The fourth-order valence-corrected chi connectivity index (χ4v) is 1.62. The number of carbonyl (C=O) groups is 1. The van der Waals surface area contributed by atoms with Gasteiger partial charge in [-0.15, -0.1) is 0 Å². The zero-order valence-electron chi connectivity index (χ0n) is 10.5. The van der Waals surface area contributed by atoms with Crippen LogP contribution in [0.5, 0.6) is 0 Å². The van der Waals surface area contributed by atoms with Crippen LogP contribution in [0.2, 0.25) is 5.15 Å². The third-order valence-corrected chi connectivity index (χ3v) is 2.82. The molecule has 0 atom stereocenters. The van der Waals surface area contributed by atoms with Crippen molar-refractivity contribution in [2.75, 3.05) is 25.5 Å². The van der Waals surface area contributed by atoms with Crippen molar-refractivity contribution >= 4 is 23.3 Å². The summed E-state index contributed by atoms with van der Waals surface area (Å²) in [6.45, 7) is 4.30. The van der Waals surface area contributed by atoms with E-state index in [0.29, 0.717) is 23.9 Å². The molecule has 5 nitrogen and oxygen atoms in total. The van der Waals surface area contributed by atoms with Gasteiger partial charge >= 0.3 is 0 Å². The maximum atomic E-state index is 11.1. The third kappa shape index (κ3) is 3.56. The highest BCUT2D eigenvalue weighted by Crippen LogP contribution is 2.21. The summed E-state index contributed by atoms with van der Waals surface area (Å²) in [7, 11) is 3.46. The molecule has 0 radical (unpaired) electrons. The first-order valence-electron chi connectivity index (χ1n) is 5.38. The zero-order chi connectivity index (χ0) is 13.0. The summed E-state index contributed by atoms with van der Waals surface area (Å²) in [5.74, 6) is 0.600. The van der Waals surface area contributed by atoms with E-state index in [-0.39, 0.29) is 5.91 Å². The molecule has 1 N–H and O–H groups in total. The number of nitrogens with zero attached hydrogens (tertiary/aromatic N) is 3. The Kier molecular flexibility index (Phi) is 4.69. The van der Waals surface area contributed by atoms with E-state index in [1.54, 1.807) is 7.05 Å². The second-order valence-electron chi connectivity index (χ2n) is 3.85. The fourth-order valence-electron chi connectivity index (χ4n) is 1.31. The van der Waals surface area contributed by atoms with Crippen LogP contribution in [0.15, 0.2) is 0 Å². The normalized spacial score (nSPS) is 10.2. The van der Waals surface area contributed by atoms with Crippen molar-refractivity contribution in [1.29, 1.82) is 0 Å². The number of rotatable bonds is 4. The molecule has 0 spiro atoms. The molecule has 0 saturated heterocycles. The molecular formula is C11H17ClN4O. The van der Waals surface area contributed by atoms with Crippen LogP contribution in [0, 0.1) is 13.8 Å². The molecule has 1 heterocycles. The summed E-state index contributed by atoms with van der Waals surface area (Å²) >= 11 is 6.03. The predicted octanol–water partition coefficient (Wildman–Crippen LogP) is 1.32. The van der Waals surface area contributed by atoms with E-state index < -0.39 is 0 Å². The Morgan fingerprint density at radius 1 is 1.35 bits per heavy atom. The Balaban J connectivity index is 2.78. The van der Waals surface area contributed by atoms with Crippen molar-refractivity contribution in [3.05, 3.63) is 16.5 Å². The van der Waals surface area contributed by atoms with E-state index in [0.717, 1.165) is 11.4 Å². The van der Waals surface area contributed by atoms with Gasteiger partial charge < -0.3 is 10.2 Å². The SMILES string of the molecule is CNC(=O)CCN(C)c1nc(C)c(C)nc1Cl. The maximum absolute atomic E-state index is 11.1. The van der Waals surface area contributed by atoms with Gasteiger partial charge in [-0.05, 0) is 13.8 Å². The molecule has 6 heteroatoms. The van der Waals surface area contributed by atoms with Crippen LogP contribution in [0.3, 0.4) is 0 Å². The van der Waals surface area contributed by atoms with Crippen LogP contribution in [0.1, 0.15) is 17.8 Å². The minimum Gasteiger partial charge on any atom is -0.359 e. The van der Waals surface area contributed by atoms with Crippen molar-refractivity contribution in [3.8, 4) is 0 Å². The minimum absolute atomic E-state index is 0.00948. The summed E-state index contributed by atoms with van der Waals surface area (Å²) in [4.78, 5) is 21.6.